The number of hydrogen-bond acceptors (Lipinski definition) is 4. The van der Waals surface area contributed by atoms with Gasteiger partial charge in [-0.2, -0.15) is 0 Å². The fourth-order valence-electron chi connectivity index (χ4n) is 1.06. The van der Waals surface area contributed by atoms with E-state index in [1.165, 1.54) is 0 Å². The Morgan fingerprint density at radius 1 is 1.50 bits per heavy atom. The summed E-state index contributed by atoms with van der Waals surface area (Å²) in [6.07, 6.45) is 3.01. The molecule has 4 nitrogen and oxygen atoms in total. The Balaban J connectivity index is 3.45. The van der Waals surface area contributed by atoms with Crippen molar-refractivity contribution in [3.8, 4) is 0 Å². The fourth-order valence-corrected chi connectivity index (χ4v) is 8.03. The fraction of sp³-hybridized carbons (Fsp3) is 0.667. The average molecular weight is 268 g/mol. The molecule has 0 aromatic rings. The molecule has 0 heterocycles. The summed E-state index contributed by atoms with van der Waals surface area (Å²) in [7, 11) is -1.74. The molecule has 2 N–H and O–H groups in total. The molecule has 0 spiro atoms. The van der Waals surface area contributed by atoms with Gasteiger partial charge in [0, 0.05) is 0 Å². The average Bonchev–Trinajstić information content (AvgIpc) is 2.20. The molecule has 0 bridgehead atoms. The lowest BCUT2D eigenvalue weighted by Crippen LogP contribution is -2.23. The zero-order valence-corrected chi connectivity index (χ0v) is 14.9. The van der Waals surface area contributed by atoms with Gasteiger partial charge < -0.3 is 18.1 Å². The minimum absolute atomic E-state index is 0.684. The lowest BCUT2D eigenvalue weighted by molar-refractivity contribution is 0.431. The van der Waals surface area contributed by atoms with Crippen molar-refractivity contribution in [2.45, 2.75) is 18.5 Å². The van der Waals surface area contributed by atoms with Crippen molar-refractivity contribution in [2.24, 2.45) is 5.73 Å². The van der Waals surface area contributed by atoms with Gasteiger partial charge in [-0.3, -0.25) is 0 Å². The Morgan fingerprint density at radius 3 is 2.86 bits per heavy atom. The molecule has 1 atom stereocenters. The highest BCUT2D eigenvalue weighted by molar-refractivity contribution is 6.58. The molecule has 1 unspecified atom stereocenters. The molecule has 0 aromatic heterocycles. The second-order valence-corrected chi connectivity index (χ2v) is 11.0. The number of allylic oxidation sites excluding steroid dienone is 1. The molecule has 0 amide bonds. The summed E-state index contributed by atoms with van der Waals surface area (Å²) in [5, 5.41) is 0. The molecule has 0 fully saturated rings. The zero-order valence-electron chi connectivity index (χ0n) is 8.91. The predicted molar refractivity (Wildman–Crippen MR) is 70.9 cm³/mol. The number of hydrogen-bond donors (Lipinski definition) is 1. The van der Waals surface area contributed by atoms with E-state index in [1.54, 1.807) is 0 Å². The van der Waals surface area contributed by atoms with Crippen molar-refractivity contribution in [3.63, 3.8) is 0 Å². The van der Waals surface area contributed by atoms with Crippen LogP contribution < -0.4 is 5.73 Å². The summed E-state index contributed by atoms with van der Waals surface area (Å²) in [5.74, 6) is 0. The monoisotopic (exact) mass is 267 g/mol. The third-order valence-electron chi connectivity index (χ3n) is 1.75. The van der Waals surface area contributed by atoms with E-state index in [9.17, 15) is 0 Å². The molecule has 0 aliphatic heterocycles. The Kier molecular flexibility index (Phi) is 11.9. The normalized spacial score (nSPS) is 14.6. The first-order valence-corrected chi connectivity index (χ1v) is 10.1. The number of nitrogens with two attached hydrogens (primary N) is 1. The molecule has 0 aromatic carbocycles. The summed E-state index contributed by atoms with van der Waals surface area (Å²) < 4.78 is 16.2. The van der Waals surface area contributed by atoms with Crippen LogP contribution in [0.2, 0.25) is 12.1 Å². The van der Waals surface area contributed by atoms with Gasteiger partial charge in [0.2, 0.25) is 0 Å². The van der Waals surface area contributed by atoms with E-state index in [0.29, 0.717) is 0 Å². The molecule has 0 rings (SSSR count). The standard InChI is InChI=1S/C6H21NO3Si4/c1-2-5-14(6-3-4-7)10-13-9-12-8-11/h2,14H,1,3-7,12-13H2,11H3. The molecule has 8 heteroatoms. The van der Waals surface area contributed by atoms with E-state index < -0.39 is 29.1 Å². The van der Waals surface area contributed by atoms with Crippen molar-refractivity contribution in [3.05, 3.63) is 12.7 Å². The van der Waals surface area contributed by atoms with Crippen molar-refractivity contribution in [1.29, 1.82) is 0 Å². The summed E-state index contributed by atoms with van der Waals surface area (Å²) in [6.45, 7) is 4.50. The maximum atomic E-state index is 5.79. The molecule has 84 valence electrons. The van der Waals surface area contributed by atoms with E-state index in [0.717, 1.165) is 35.5 Å². The van der Waals surface area contributed by atoms with Gasteiger partial charge in [-0.05, 0) is 25.1 Å². The largest absolute Gasteiger partial charge is 0.449 e. The van der Waals surface area contributed by atoms with Crippen LogP contribution in [0.15, 0.2) is 12.7 Å². The van der Waals surface area contributed by atoms with Crippen LogP contribution in [-0.2, 0) is 12.3 Å². The summed E-state index contributed by atoms with van der Waals surface area (Å²) in [4.78, 5) is 0. The Bertz CT molecular complexity index is 140. The lowest BCUT2D eigenvalue weighted by Gasteiger charge is -2.14. The first kappa shape index (κ1) is 14.4. The first-order valence-electron chi connectivity index (χ1n) is 4.84. The Hall–Kier alpha value is 0.448. The molecule has 0 aliphatic carbocycles. The van der Waals surface area contributed by atoms with Crippen LogP contribution in [0.25, 0.3) is 0 Å². The third-order valence-corrected chi connectivity index (χ3v) is 8.37. The molecule has 0 radical (unpaired) electrons. The minimum atomic E-state index is -1.08. The van der Waals surface area contributed by atoms with E-state index >= 15 is 0 Å². The smallest absolute Gasteiger partial charge is 0.284 e. The molecular formula is C6H21NO3Si4. The van der Waals surface area contributed by atoms with Crippen LogP contribution in [0.5, 0.6) is 0 Å². The second-order valence-electron chi connectivity index (χ2n) is 2.97. The van der Waals surface area contributed by atoms with Gasteiger partial charge in [0.25, 0.3) is 20.0 Å². The highest BCUT2D eigenvalue weighted by Crippen LogP contribution is 2.04. The van der Waals surface area contributed by atoms with Gasteiger partial charge >= 0.3 is 0 Å². The number of rotatable bonds is 10. The van der Waals surface area contributed by atoms with E-state index in [2.05, 4.69) is 6.58 Å². The van der Waals surface area contributed by atoms with Crippen LogP contribution in [0.3, 0.4) is 0 Å². The minimum Gasteiger partial charge on any atom is -0.449 e. The highest BCUT2D eigenvalue weighted by atomic mass is 28.4. The van der Waals surface area contributed by atoms with Crippen LogP contribution >= 0.6 is 0 Å². The van der Waals surface area contributed by atoms with E-state index in [-0.39, 0.29) is 0 Å². The van der Waals surface area contributed by atoms with Crippen LogP contribution in [0.4, 0.5) is 0 Å². The van der Waals surface area contributed by atoms with Gasteiger partial charge in [0.15, 0.2) is 9.04 Å². The Morgan fingerprint density at radius 2 is 2.29 bits per heavy atom. The maximum absolute atomic E-state index is 5.79. The topological polar surface area (TPSA) is 53.7 Å². The predicted octanol–water partition coefficient (Wildman–Crippen LogP) is -2.43. The van der Waals surface area contributed by atoms with Crippen LogP contribution in [0, 0.1) is 0 Å². The quantitative estimate of drug-likeness (QED) is 0.272. The molecule has 0 aliphatic rings. The van der Waals surface area contributed by atoms with Crippen molar-refractivity contribution >= 4 is 39.5 Å². The van der Waals surface area contributed by atoms with Crippen LogP contribution in [0.1, 0.15) is 6.42 Å². The second kappa shape index (κ2) is 11.5. The van der Waals surface area contributed by atoms with Gasteiger partial charge in [-0.1, -0.05) is 6.08 Å². The maximum Gasteiger partial charge on any atom is 0.284 e. The zero-order chi connectivity index (χ0) is 10.6. The first-order chi connectivity index (χ1) is 6.85. The third kappa shape index (κ3) is 9.02. The van der Waals surface area contributed by atoms with E-state index in [4.69, 9.17) is 18.1 Å². The van der Waals surface area contributed by atoms with Gasteiger partial charge in [-0.25, -0.2) is 0 Å². The lowest BCUT2D eigenvalue weighted by atomic mass is 10.5. The van der Waals surface area contributed by atoms with Crippen molar-refractivity contribution in [2.75, 3.05) is 6.54 Å². The van der Waals surface area contributed by atoms with Gasteiger partial charge in [0.05, 0.1) is 0 Å². The van der Waals surface area contributed by atoms with Crippen molar-refractivity contribution in [1.82, 2.24) is 0 Å². The SMILES string of the molecule is C=CC[SiH](CCCN)O[SiH2]O[SiH2]O[SiH3]. The van der Waals surface area contributed by atoms with Gasteiger partial charge in [-0.15, -0.1) is 6.58 Å². The summed E-state index contributed by atoms with van der Waals surface area (Å²) in [6, 6.07) is 2.17. The molecular weight excluding hydrogens is 246 g/mol. The van der Waals surface area contributed by atoms with Crippen molar-refractivity contribution < 1.29 is 12.3 Å². The summed E-state index contributed by atoms with van der Waals surface area (Å²) >= 11 is 0. The van der Waals surface area contributed by atoms with Gasteiger partial charge in [0.1, 0.15) is 10.5 Å². The Labute approximate surface area is 95.6 Å². The highest BCUT2D eigenvalue weighted by Gasteiger charge is 2.08. The van der Waals surface area contributed by atoms with E-state index in [1.807, 2.05) is 6.08 Å². The molecule has 0 saturated carbocycles. The van der Waals surface area contributed by atoms with Crippen LogP contribution in [-0.4, -0.2) is 46.1 Å². The summed E-state index contributed by atoms with van der Waals surface area (Å²) in [5.41, 5.74) is 5.46. The molecule has 0 saturated heterocycles. The molecule has 14 heavy (non-hydrogen) atoms.